The van der Waals surface area contributed by atoms with Gasteiger partial charge >= 0.3 is 0 Å². The van der Waals surface area contributed by atoms with Crippen LogP contribution in [-0.4, -0.2) is 58.0 Å². The summed E-state index contributed by atoms with van der Waals surface area (Å²) in [5, 5.41) is 1.13. The van der Waals surface area contributed by atoms with Gasteiger partial charge in [0.2, 0.25) is 0 Å². The first-order valence-corrected chi connectivity index (χ1v) is 10.1. The lowest BCUT2D eigenvalue weighted by atomic mass is 10.0. The summed E-state index contributed by atoms with van der Waals surface area (Å²) in [6.45, 7) is 5.62. The maximum atomic E-state index is 4.64. The van der Waals surface area contributed by atoms with E-state index in [4.69, 9.17) is 0 Å². The first kappa shape index (κ1) is 18.0. The molecule has 146 valence electrons. The van der Waals surface area contributed by atoms with Gasteiger partial charge in [-0.05, 0) is 41.9 Å². The lowest BCUT2D eigenvalue weighted by molar-refractivity contribution is 0.148. The maximum Gasteiger partial charge on any atom is 0.137 e. The van der Waals surface area contributed by atoms with Gasteiger partial charge in [-0.1, -0.05) is 24.3 Å². The summed E-state index contributed by atoms with van der Waals surface area (Å²) in [5.74, 6) is 0. The van der Waals surface area contributed by atoms with Crippen LogP contribution in [0.2, 0.25) is 0 Å². The Morgan fingerprint density at radius 1 is 0.897 bits per heavy atom. The highest BCUT2D eigenvalue weighted by Gasteiger charge is 2.14. The van der Waals surface area contributed by atoms with E-state index in [-0.39, 0.29) is 0 Å². The van der Waals surface area contributed by atoms with Crippen LogP contribution >= 0.6 is 0 Å². The van der Waals surface area contributed by atoms with E-state index < -0.39 is 0 Å². The Bertz CT molecular complexity index is 1090. The van der Waals surface area contributed by atoms with Crippen LogP contribution in [0.3, 0.4) is 0 Å². The van der Waals surface area contributed by atoms with Crippen molar-refractivity contribution in [1.82, 2.24) is 24.8 Å². The Hall–Kier alpha value is -3.02. The fourth-order valence-electron chi connectivity index (χ4n) is 4.00. The molecule has 1 aliphatic heterocycles. The fourth-order valence-corrected chi connectivity index (χ4v) is 4.00. The number of aromatic amines is 1. The molecule has 0 aliphatic carbocycles. The number of piperazine rings is 1. The second-order valence-corrected chi connectivity index (χ2v) is 7.83. The molecule has 0 spiro atoms. The van der Waals surface area contributed by atoms with E-state index in [1.165, 1.54) is 11.1 Å². The highest BCUT2D eigenvalue weighted by molar-refractivity contribution is 5.95. The van der Waals surface area contributed by atoms with Crippen molar-refractivity contribution in [2.75, 3.05) is 33.2 Å². The lowest BCUT2D eigenvalue weighted by Gasteiger charge is -2.32. The second kappa shape index (κ2) is 7.78. The smallest absolute Gasteiger partial charge is 0.137 e. The average molecular weight is 383 g/mol. The van der Waals surface area contributed by atoms with Crippen molar-refractivity contribution in [1.29, 1.82) is 0 Å². The van der Waals surface area contributed by atoms with Crippen molar-refractivity contribution in [2.24, 2.45) is 0 Å². The third kappa shape index (κ3) is 3.79. The number of likely N-dealkylation sites (N-methyl/N-ethyl adjacent to an activating group) is 1. The number of fused-ring (bicyclic) bond motifs is 1. The SMILES string of the molecule is CN1CCN(Cc2ccc(-c3cnc4[nH]cc(-c5ccncc5)c4c3)cc2)CC1. The summed E-state index contributed by atoms with van der Waals surface area (Å²) in [7, 11) is 2.20. The topological polar surface area (TPSA) is 48.0 Å². The van der Waals surface area contributed by atoms with Crippen LogP contribution in [-0.2, 0) is 6.54 Å². The number of H-pyrrole nitrogens is 1. The van der Waals surface area contributed by atoms with Crippen LogP contribution in [0.1, 0.15) is 5.56 Å². The number of hydrogen-bond acceptors (Lipinski definition) is 4. The van der Waals surface area contributed by atoms with Crippen molar-refractivity contribution in [3.05, 3.63) is 72.8 Å². The van der Waals surface area contributed by atoms with Crippen LogP contribution in [0.15, 0.2) is 67.3 Å². The van der Waals surface area contributed by atoms with Crippen molar-refractivity contribution in [2.45, 2.75) is 6.54 Å². The number of nitrogens with one attached hydrogen (secondary N) is 1. The molecule has 4 heterocycles. The highest BCUT2D eigenvalue weighted by atomic mass is 15.2. The molecule has 29 heavy (non-hydrogen) atoms. The Balaban J connectivity index is 1.39. The summed E-state index contributed by atoms with van der Waals surface area (Å²) >= 11 is 0. The predicted octanol–water partition coefficient (Wildman–Crippen LogP) is 4.04. The Morgan fingerprint density at radius 3 is 2.41 bits per heavy atom. The number of pyridine rings is 2. The van der Waals surface area contributed by atoms with E-state index in [1.807, 2.05) is 36.9 Å². The van der Waals surface area contributed by atoms with Gasteiger partial charge in [0.05, 0.1) is 0 Å². The average Bonchev–Trinajstić information content (AvgIpc) is 3.20. The van der Waals surface area contributed by atoms with Crippen LogP contribution in [0, 0.1) is 0 Å². The van der Waals surface area contributed by atoms with Crippen molar-refractivity contribution >= 4 is 11.0 Å². The van der Waals surface area contributed by atoms with E-state index in [1.54, 1.807) is 0 Å². The predicted molar refractivity (Wildman–Crippen MR) is 118 cm³/mol. The Kier molecular flexibility index (Phi) is 4.84. The van der Waals surface area contributed by atoms with Gasteiger partial charge in [0.15, 0.2) is 0 Å². The minimum absolute atomic E-state index is 0.909. The number of rotatable bonds is 4. The molecule has 5 heteroatoms. The molecular weight excluding hydrogens is 358 g/mol. The van der Waals surface area contributed by atoms with Crippen LogP contribution in [0.5, 0.6) is 0 Å². The summed E-state index contributed by atoms with van der Waals surface area (Å²) < 4.78 is 0. The normalized spacial score (nSPS) is 15.8. The van der Waals surface area contributed by atoms with Crippen LogP contribution < -0.4 is 0 Å². The largest absolute Gasteiger partial charge is 0.346 e. The first-order chi connectivity index (χ1) is 14.3. The van der Waals surface area contributed by atoms with Gasteiger partial charge in [-0.25, -0.2) is 4.98 Å². The summed E-state index contributed by atoms with van der Waals surface area (Å²) in [6, 6.07) is 15.2. The van der Waals surface area contributed by atoms with Gasteiger partial charge in [-0.15, -0.1) is 0 Å². The van der Waals surface area contributed by atoms with E-state index >= 15 is 0 Å². The fraction of sp³-hybridized carbons (Fsp3) is 0.250. The molecule has 1 N–H and O–H groups in total. The Morgan fingerprint density at radius 2 is 1.66 bits per heavy atom. The number of nitrogens with zero attached hydrogens (tertiary/aromatic N) is 4. The molecule has 1 saturated heterocycles. The van der Waals surface area contributed by atoms with Crippen LogP contribution in [0.25, 0.3) is 33.3 Å². The van der Waals surface area contributed by atoms with Crippen molar-refractivity contribution < 1.29 is 0 Å². The number of benzene rings is 1. The first-order valence-electron chi connectivity index (χ1n) is 10.1. The van der Waals surface area contributed by atoms with E-state index in [2.05, 4.69) is 62.1 Å². The zero-order valence-corrected chi connectivity index (χ0v) is 16.7. The van der Waals surface area contributed by atoms with Gasteiger partial charge in [0.25, 0.3) is 0 Å². The van der Waals surface area contributed by atoms with Gasteiger partial charge in [-0.2, -0.15) is 0 Å². The molecule has 4 aromatic rings. The highest BCUT2D eigenvalue weighted by Crippen LogP contribution is 2.30. The van der Waals surface area contributed by atoms with Gasteiger partial charge < -0.3 is 9.88 Å². The molecule has 0 unspecified atom stereocenters. The molecule has 1 aliphatic rings. The van der Waals surface area contributed by atoms with Gasteiger partial charge in [0, 0.05) is 74.0 Å². The summed E-state index contributed by atoms with van der Waals surface area (Å²) in [5.41, 5.74) is 6.91. The molecule has 5 rings (SSSR count). The molecule has 0 amide bonds. The third-order valence-electron chi connectivity index (χ3n) is 5.81. The second-order valence-electron chi connectivity index (χ2n) is 7.83. The molecular formula is C24H25N5. The molecule has 5 nitrogen and oxygen atoms in total. The molecule has 1 fully saturated rings. The molecule has 1 aromatic carbocycles. The van der Waals surface area contributed by atoms with Crippen molar-refractivity contribution in [3.63, 3.8) is 0 Å². The monoisotopic (exact) mass is 383 g/mol. The molecule has 0 saturated carbocycles. The molecule has 0 bridgehead atoms. The maximum absolute atomic E-state index is 4.64. The quantitative estimate of drug-likeness (QED) is 0.578. The molecule has 3 aromatic heterocycles. The van der Waals surface area contributed by atoms with Gasteiger partial charge in [-0.3, -0.25) is 9.88 Å². The Labute approximate surface area is 171 Å². The minimum Gasteiger partial charge on any atom is -0.346 e. The number of hydrogen-bond donors (Lipinski definition) is 1. The zero-order chi connectivity index (χ0) is 19.6. The minimum atomic E-state index is 0.909. The molecule has 0 atom stereocenters. The summed E-state index contributed by atoms with van der Waals surface area (Å²) in [4.78, 5) is 17.0. The molecule has 0 radical (unpaired) electrons. The van der Waals surface area contributed by atoms with Gasteiger partial charge in [0.1, 0.15) is 5.65 Å². The van der Waals surface area contributed by atoms with E-state index in [0.717, 1.165) is 60.4 Å². The van der Waals surface area contributed by atoms with Crippen LogP contribution in [0.4, 0.5) is 0 Å². The summed E-state index contributed by atoms with van der Waals surface area (Å²) in [6.07, 6.45) is 7.62. The van der Waals surface area contributed by atoms with E-state index in [0.29, 0.717) is 0 Å². The zero-order valence-electron chi connectivity index (χ0n) is 16.7. The van der Waals surface area contributed by atoms with E-state index in [9.17, 15) is 0 Å². The third-order valence-corrected chi connectivity index (χ3v) is 5.81. The lowest BCUT2D eigenvalue weighted by Crippen LogP contribution is -2.43. The number of aromatic nitrogens is 3. The van der Waals surface area contributed by atoms with Crippen molar-refractivity contribution in [3.8, 4) is 22.3 Å². The standard InChI is InChI=1S/C24H25N5/c1-28-10-12-29(13-11-28)17-18-2-4-19(5-3-18)21-14-22-23(16-27-24(22)26-15-21)20-6-8-25-9-7-20/h2-9,14-16H,10-13,17H2,1H3,(H,26,27).